The van der Waals surface area contributed by atoms with Gasteiger partial charge in [-0.2, -0.15) is 4.40 Å². The molecule has 2 heterocycles. The van der Waals surface area contributed by atoms with Crippen molar-refractivity contribution in [2.24, 2.45) is 4.40 Å². The lowest BCUT2D eigenvalue weighted by Crippen LogP contribution is -2.48. The molecule has 1 atom stereocenters. The number of benzene rings is 1. The van der Waals surface area contributed by atoms with Gasteiger partial charge in [0, 0.05) is 39.6 Å². The average molecular weight is 521 g/mol. The van der Waals surface area contributed by atoms with Crippen LogP contribution in [0.25, 0.3) is 0 Å². The van der Waals surface area contributed by atoms with E-state index in [-0.39, 0.29) is 24.9 Å². The van der Waals surface area contributed by atoms with E-state index in [4.69, 9.17) is 0 Å². The van der Waals surface area contributed by atoms with E-state index >= 15 is 0 Å². The zero-order valence-corrected chi connectivity index (χ0v) is 21.3. The van der Waals surface area contributed by atoms with Gasteiger partial charge in [-0.15, -0.1) is 0 Å². The highest BCUT2D eigenvalue weighted by atomic mass is 32.2. The lowest BCUT2D eigenvalue weighted by molar-refractivity contribution is -0.146. The van der Waals surface area contributed by atoms with Crippen molar-refractivity contribution in [1.82, 2.24) is 14.7 Å². The van der Waals surface area contributed by atoms with E-state index in [2.05, 4.69) is 4.40 Å². The third-order valence-corrected chi connectivity index (χ3v) is 7.85. The molecule has 2 aliphatic rings. The van der Waals surface area contributed by atoms with Crippen molar-refractivity contribution in [2.75, 3.05) is 26.7 Å². The van der Waals surface area contributed by atoms with Crippen LogP contribution in [-0.4, -0.2) is 96.4 Å². The number of carboxylic acids is 1. The van der Waals surface area contributed by atoms with E-state index in [1.54, 1.807) is 42.3 Å². The number of carboxylic acid groups (broad SMARTS) is 1. The molecule has 196 valence electrons. The lowest BCUT2D eigenvalue weighted by atomic mass is 10.0. The molecule has 0 spiro atoms. The summed E-state index contributed by atoms with van der Waals surface area (Å²) in [6.07, 6.45) is 1.24. The van der Waals surface area contributed by atoms with Crippen molar-refractivity contribution in [1.29, 1.82) is 0 Å². The summed E-state index contributed by atoms with van der Waals surface area (Å²) in [7, 11) is -2.60. The van der Waals surface area contributed by atoms with Gasteiger partial charge in [-0.05, 0) is 31.2 Å². The number of aliphatic carboxylic acids is 1. The fraction of sp³-hybridized carbons (Fsp3) is 0.542. The smallest absolute Gasteiger partial charge is 0.326 e. The van der Waals surface area contributed by atoms with Gasteiger partial charge >= 0.3 is 5.97 Å². The molecule has 2 aliphatic heterocycles. The van der Waals surface area contributed by atoms with Gasteiger partial charge in [0.15, 0.2) is 0 Å². The number of piperidine rings is 1. The van der Waals surface area contributed by atoms with Crippen LogP contribution in [0, 0.1) is 0 Å². The molecule has 12 heteroatoms. The normalized spacial score (nSPS) is 19.3. The highest BCUT2D eigenvalue weighted by Gasteiger charge is 2.37. The van der Waals surface area contributed by atoms with E-state index in [1.165, 1.54) is 11.8 Å². The number of hydrogen-bond acceptors (Lipinski definition) is 6. The van der Waals surface area contributed by atoms with Gasteiger partial charge in [-0.1, -0.05) is 30.3 Å². The average Bonchev–Trinajstić information content (AvgIpc) is 3.33. The Morgan fingerprint density at radius 1 is 1.06 bits per heavy atom. The first-order valence-corrected chi connectivity index (χ1v) is 13.5. The minimum absolute atomic E-state index is 0.0373. The molecule has 1 N–H and O–H groups in total. The number of carbonyl (C=O) groups is 4. The predicted molar refractivity (Wildman–Crippen MR) is 132 cm³/mol. The molecule has 3 amide bonds. The first-order chi connectivity index (χ1) is 17.0. The molecule has 0 bridgehead atoms. The summed E-state index contributed by atoms with van der Waals surface area (Å²) in [5, 5.41) is 9.49. The monoisotopic (exact) mass is 520 g/mol. The van der Waals surface area contributed by atoms with Crippen LogP contribution in [0.15, 0.2) is 34.7 Å². The van der Waals surface area contributed by atoms with E-state index in [0.29, 0.717) is 37.9 Å². The molecular weight excluding hydrogens is 488 g/mol. The molecule has 36 heavy (non-hydrogen) atoms. The van der Waals surface area contributed by atoms with E-state index in [1.807, 2.05) is 0 Å². The number of rotatable bonds is 8. The maximum Gasteiger partial charge on any atom is 0.326 e. The molecule has 2 fully saturated rings. The minimum atomic E-state index is -4.18. The topological polar surface area (TPSA) is 145 Å². The Labute approximate surface area is 210 Å². The fourth-order valence-corrected chi connectivity index (χ4v) is 5.76. The maximum absolute atomic E-state index is 13.3. The van der Waals surface area contributed by atoms with Crippen molar-refractivity contribution in [3.8, 4) is 0 Å². The summed E-state index contributed by atoms with van der Waals surface area (Å²) in [4.78, 5) is 53.9. The summed E-state index contributed by atoms with van der Waals surface area (Å²) in [6.45, 7) is 2.62. The number of hydrogen-bond donors (Lipinski definition) is 1. The molecule has 0 radical (unpaired) electrons. The molecule has 0 unspecified atom stereocenters. The Hall–Kier alpha value is -3.28. The molecule has 11 nitrogen and oxygen atoms in total. The molecule has 2 saturated heterocycles. The van der Waals surface area contributed by atoms with Gasteiger partial charge < -0.3 is 19.8 Å². The fourth-order valence-electron chi connectivity index (χ4n) is 4.60. The quantitative estimate of drug-likeness (QED) is 0.501. The molecule has 3 rings (SSSR count). The van der Waals surface area contributed by atoms with Gasteiger partial charge in [0.05, 0.1) is 12.2 Å². The Morgan fingerprint density at radius 3 is 2.28 bits per heavy atom. The summed E-state index contributed by atoms with van der Waals surface area (Å²) < 4.78 is 29.5. The highest BCUT2D eigenvalue weighted by Crippen LogP contribution is 2.21. The van der Waals surface area contributed by atoms with Crippen LogP contribution in [-0.2, 0) is 35.0 Å². The zero-order chi connectivity index (χ0) is 26.5. The van der Waals surface area contributed by atoms with Crippen LogP contribution in [0.2, 0.25) is 0 Å². The molecular formula is C24H32N4O7S. The summed E-state index contributed by atoms with van der Waals surface area (Å²) in [5.74, 6) is -3.03. The Bertz CT molecular complexity index is 1130. The molecule has 0 aliphatic carbocycles. The largest absolute Gasteiger partial charge is 0.480 e. The van der Waals surface area contributed by atoms with Crippen LogP contribution in [0.5, 0.6) is 0 Å². The van der Waals surface area contributed by atoms with E-state index in [9.17, 15) is 32.7 Å². The van der Waals surface area contributed by atoms with Crippen molar-refractivity contribution in [2.45, 2.75) is 56.9 Å². The van der Waals surface area contributed by atoms with Crippen molar-refractivity contribution in [3.63, 3.8) is 0 Å². The summed E-state index contributed by atoms with van der Waals surface area (Å²) in [5.41, 5.74) is -0.0181. The Morgan fingerprint density at radius 2 is 1.69 bits per heavy atom. The number of carbonyl (C=O) groups excluding carboxylic acids is 3. The molecule has 1 aromatic carbocycles. The predicted octanol–water partition coefficient (Wildman–Crippen LogP) is 0.892. The van der Waals surface area contributed by atoms with Crippen LogP contribution in [0.1, 0.15) is 44.6 Å². The second-order valence-electron chi connectivity index (χ2n) is 9.16. The van der Waals surface area contributed by atoms with Crippen LogP contribution in [0.4, 0.5) is 0 Å². The molecule has 0 saturated carbocycles. The minimum Gasteiger partial charge on any atom is -0.480 e. The molecule has 0 aromatic heterocycles. The second-order valence-corrected chi connectivity index (χ2v) is 10.8. The van der Waals surface area contributed by atoms with E-state index in [0.717, 1.165) is 4.90 Å². The SMILES string of the molecule is CC(=O)N1CCC(N(C)C(=O)C/C(=N\S(=O)(=O)Cc2ccccc2)C(=O)N2CCC[C@H]2C(=O)O)CC1. The Kier molecular flexibility index (Phi) is 8.83. The van der Waals surface area contributed by atoms with Gasteiger partial charge in [-0.3, -0.25) is 14.4 Å². The summed E-state index contributed by atoms with van der Waals surface area (Å²) >= 11 is 0. The van der Waals surface area contributed by atoms with Gasteiger partial charge in [-0.25, -0.2) is 13.2 Å². The van der Waals surface area contributed by atoms with Crippen LogP contribution < -0.4 is 0 Å². The first kappa shape index (κ1) is 27.3. The number of nitrogens with zero attached hydrogens (tertiary/aromatic N) is 4. The highest BCUT2D eigenvalue weighted by molar-refractivity contribution is 7.89. The summed E-state index contributed by atoms with van der Waals surface area (Å²) in [6, 6.07) is 7.05. The number of amides is 3. The van der Waals surface area contributed by atoms with Crippen LogP contribution >= 0.6 is 0 Å². The lowest BCUT2D eigenvalue weighted by Gasteiger charge is -2.36. The number of sulfonamides is 1. The molecule has 1 aromatic rings. The van der Waals surface area contributed by atoms with Crippen LogP contribution in [0.3, 0.4) is 0 Å². The first-order valence-electron chi connectivity index (χ1n) is 11.9. The van der Waals surface area contributed by atoms with Gasteiger partial charge in [0.2, 0.25) is 11.8 Å². The number of likely N-dealkylation sites (tertiary alicyclic amines) is 2. The third-order valence-electron chi connectivity index (χ3n) is 6.66. The third kappa shape index (κ3) is 6.90. The maximum atomic E-state index is 13.3. The van der Waals surface area contributed by atoms with Gasteiger partial charge in [0.25, 0.3) is 15.9 Å². The van der Waals surface area contributed by atoms with E-state index < -0.39 is 51.7 Å². The second kappa shape index (κ2) is 11.6. The zero-order valence-electron chi connectivity index (χ0n) is 20.5. The Balaban J connectivity index is 1.82. The van der Waals surface area contributed by atoms with Crippen molar-refractivity contribution >= 4 is 39.4 Å². The van der Waals surface area contributed by atoms with Crippen molar-refractivity contribution in [3.05, 3.63) is 35.9 Å². The van der Waals surface area contributed by atoms with Crippen molar-refractivity contribution < 1.29 is 32.7 Å². The standard InChI is InChI=1S/C24H32N4O7S/c1-17(29)27-13-10-19(11-14-27)26(2)22(30)15-20(23(31)28-12-6-9-21(28)24(32)33)25-36(34,35)16-18-7-4-3-5-8-18/h3-5,7-8,19,21H,6,9-16H2,1-2H3,(H,32,33)/b25-20+/t21-/m0/s1. The van der Waals surface area contributed by atoms with Gasteiger partial charge in [0.1, 0.15) is 11.8 Å².